The molecule has 0 unspecified atom stereocenters. The fraction of sp³-hybridized carbons (Fsp3) is 0.814. The van der Waals surface area contributed by atoms with Crippen molar-refractivity contribution in [2.75, 3.05) is 14.1 Å². The van der Waals surface area contributed by atoms with E-state index in [-0.39, 0.29) is 0 Å². The largest absolute Gasteiger partial charge is 0.306 e. The monoisotopic (exact) mass is 608 g/mol. The van der Waals surface area contributed by atoms with Crippen molar-refractivity contribution in [2.24, 2.45) is 10.8 Å². The second-order valence-electron chi connectivity index (χ2n) is 15.2. The van der Waals surface area contributed by atoms with Crippen LogP contribution in [0.25, 0.3) is 0 Å². The van der Waals surface area contributed by atoms with E-state index in [9.17, 15) is 0 Å². The molecule has 254 valence electrons. The van der Waals surface area contributed by atoms with Gasteiger partial charge in [-0.3, -0.25) is 0 Å². The number of hydrogen-bond donors (Lipinski definition) is 0. The minimum Gasteiger partial charge on any atom is -0.306 e. The SMILES string of the molecule is CCC1(CC)CC/C=C\C/C=C\CCCCCCCCC2(CCCCCCCC/C=C\C/C=C\CC1)CCC(N(C)C)CC2. The highest BCUT2D eigenvalue weighted by atomic mass is 15.1. The molecule has 0 bridgehead atoms. The van der Waals surface area contributed by atoms with Gasteiger partial charge in [0.05, 0.1) is 0 Å². The van der Waals surface area contributed by atoms with Gasteiger partial charge in [0.25, 0.3) is 0 Å². The molecule has 0 radical (unpaired) electrons. The van der Waals surface area contributed by atoms with Crippen LogP contribution in [-0.4, -0.2) is 25.0 Å². The number of hydrogen-bond acceptors (Lipinski definition) is 1. The van der Waals surface area contributed by atoms with Crippen molar-refractivity contribution >= 4 is 0 Å². The van der Waals surface area contributed by atoms with E-state index in [1.807, 2.05) is 0 Å². The van der Waals surface area contributed by atoms with Gasteiger partial charge in [0.15, 0.2) is 0 Å². The Morgan fingerprint density at radius 1 is 0.455 bits per heavy atom. The van der Waals surface area contributed by atoms with Gasteiger partial charge in [0.1, 0.15) is 0 Å². The lowest BCUT2D eigenvalue weighted by Crippen LogP contribution is -2.37. The Kier molecular flexibility index (Phi) is 22.3. The topological polar surface area (TPSA) is 3.24 Å². The van der Waals surface area contributed by atoms with Gasteiger partial charge in [-0.1, -0.05) is 140 Å². The summed E-state index contributed by atoms with van der Waals surface area (Å²) in [5.41, 5.74) is 1.19. The normalized spacial score (nSPS) is 27.0. The maximum absolute atomic E-state index is 2.49. The van der Waals surface area contributed by atoms with Crippen LogP contribution in [0.3, 0.4) is 0 Å². The molecular formula is C43H77N. The molecule has 0 N–H and O–H groups in total. The molecule has 1 fully saturated rings. The van der Waals surface area contributed by atoms with E-state index in [2.05, 4.69) is 81.5 Å². The van der Waals surface area contributed by atoms with Crippen molar-refractivity contribution in [1.29, 1.82) is 0 Å². The van der Waals surface area contributed by atoms with Crippen molar-refractivity contribution in [2.45, 2.75) is 200 Å². The fourth-order valence-corrected chi connectivity index (χ4v) is 8.17. The Morgan fingerprint density at radius 3 is 1.25 bits per heavy atom. The van der Waals surface area contributed by atoms with Crippen molar-refractivity contribution in [1.82, 2.24) is 4.90 Å². The van der Waals surface area contributed by atoms with E-state index in [4.69, 9.17) is 0 Å². The Hall–Kier alpha value is -1.08. The van der Waals surface area contributed by atoms with E-state index in [0.717, 1.165) is 18.9 Å². The fourth-order valence-electron chi connectivity index (χ4n) is 8.17. The molecule has 44 heavy (non-hydrogen) atoms. The molecule has 0 aromatic carbocycles. The molecule has 0 aromatic heterocycles. The van der Waals surface area contributed by atoms with Crippen molar-refractivity contribution < 1.29 is 0 Å². The smallest absolute Gasteiger partial charge is 0.00895 e. The Balaban J connectivity index is 1.81. The summed E-state index contributed by atoms with van der Waals surface area (Å²) in [6.45, 7) is 4.81. The van der Waals surface area contributed by atoms with Crippen LogP contribution in [-0.2, 0) is 0 Å². The summed E-state index contributed by atoms with van der Waals surface area (Å²) < 4.78 is 0. The average Bonchev–Trinajstić information content (AvgIpc) is 3.03. The molecule has 2 aliphatic carbocycles. The first-order valence-corrected chi connectivity index (χ1v) is 19.8. The van der Waals surface area contributed by atoms with Crippen LogP contribution in [0.5, 0.6) is 0 Å². The first-order valence-electron chi connectivity index (χ1n) is 19.8. The van der Waals surface area contributed by atoms with Crippen LogP contribution in [0.1, 0.15) is 194 Å². The number of allylic oxidation sites excluding steroid dienone is 8. The van der Waals surface area contributed by atoms with Gasteiger partial charge < -0.3 is 4.90 Å². The summed E-state index contributed by atoms with van der Waals surface area (Å²) >= 11 is 0. The van der Waals surface area contributed by atoms with E-state index in [0.29, 0.717) is 10.8 Å². The number of rotatable bonds is 3. The lowest BCUT2D eigenvalue weighted by Gasteiger charge is -2.42. The van der Waals surface area contributed by atoms with Gasteiger partial charge in [-0.05, 0) is 128 Å². The third-order valence-corrected chi connectivity index (χ3v) is 11.8. The van der Waals surface area contributed by atoms with Crippen LogP contribution >= 0.6 is 0 Å². The molecular weight excluding hydrogens is 530 g/mol. The maximum atomic E-state index is 2.49. The molecule has 2 rings (SSSR count). The first-order chi connectivity index (χ1) is 21.5. The van der Waals surface area contributed by atoms with Crippen molar-refractivity contribution in [3.8, 4) is 0 Å². The van der Waals surface area contributed by atoms with E-state index in [1.54, 1.807) is 0 Å². The highest BCUT2D eigenvalue weighted by Crippen LogP contribution is 2.45. The zero-order valence-corrected chi connectivity index (χ0v) is 30.4. The van der Waals surface area contributed by atoms with Crippen molar-refractivity contribution in [3.05, 3.63) is 48.6 Å². The zero-order chi connectivity index (χ0) is 31.6. The summed E-state index contributed by atoms with van der Waals surface area (Å²) in [6, 6.07) is 0.825. The molecule has 0 aliphatic heterocycles. The predicted octanol–water partition coefficient (Wildman–Crippen LogP) is 14.1. The first kappa shape index (κ1) is 39.1. The highest BCUT2D eigenvalue weighted by molar-refractivity contribution is 4.96. The molecule has 0 amide bonds. The molecule has 0 aromatic rings. The molecule has 0 heterocycles. The Labute approximate surface area is 277 Å². The molecule has 1 spiro atoms. The van der Waals surface area contributed by atoms with Gasteiger partial charge in [-0.2, -0.15) is 0 Å². The minimum absolute atomic E-state index is 0.520. The quantitative estimate of drug-likeness (QED) is 0.288. The van der Waals surface area contributed by atoms with Crippen LogP contribution in [0, 0.1) is 10.8 Å². The van der Waals surface area contributed by atoms with Gasteiger partial charge in [-0.25, -0.2) is 0 Å². The summed E-state index contributed by atoms with van der Waals surface area (Å²) in [7, 11) is 4.59. The molecule has 1 heteroatoms. The highest BCUT2D eigenvalue weighted by Gasteiger charge is 2.34. The van der Waals surface area contributed by atoms with E-state index >= 15 is 0 Å². The molecule has 0 saturated heterocycles. The zero-order valence-electron chi connectivity index (χ0n) is 30.4. The summed E-state index contributed by atoms with van der Waals surface area (Å²) in [6.07, 6.45) is 57.9. The van der Waals surface area contributed by atoms with E-state index in [1.165, 1.54) is 167 Å². The van der Waals surface area contributed by atoms with Crippen molar-refractivity contribution in [3.63, 3.8) is 0 Å². The molecule has 2 aliphatic rings. The van der Waals surface area contributed by atoms with Gasteiger partial charge in [0.2, 0.25) is 0 Å². The van der Waals surface area contributed by atoms with Crippen LogP contribution in [0.2, 0.25) is 0 Å². The summed E-state index contributed by atoms with van der Waals surface area (Å²) in [5, 5.41) is 0. The maximum Gasteiger partial charge on any atom is 0.00895 e. The Morgan fingerprint density at radius 2 is 0.841 bits per heavy atom. The third kappa shape index (κ3) is 17.6. The number of nitrogens with zero attached hydrogens (tertiary/aromatic N) is 1. The molecule has 1 nitrogen and oxygen atoms in total. The summed E-state index contributed by atoms with van der Waals surface area (Å²) in [5.74, 6) is 0. The average molecular weight is 608 g/mol. The van der Waals surface area contributed by atoms with Crippen LogP contribution in [0.4, 0.5) is 0 Å². The second kappa shape index (κ2) is 25.1. The summed E-state index contributed by atoms with van der Waals surface area (Å²) in [4.78, 5) is 2.49. The standard InChI is InChI=1S/C43H77N/c1-5-42(6-2)35-29-25-21-17-13-9-7-11-15-19-23-27-31-37-43(39-33-41(34-40-43)44(3)4)38-32-28-24-20-16-12-8-10-14-18-22-26-30-36-42/h9-10,13-14,21-22,25-26,41H,5-8,11-12,15-20,23-24,27-40H2,1-4H3/b13-9-,14-10-,25-21-,26-22-. The van der Waals surface area contributed by atoms with Gasteiger partial charge >= 0.3 is 0 Å². The van der Waals surface area contributed by atoms with Crippen LogP contribution in [0.15, 0.2) is 48.6 Å². The lowest BCUT2D eigenvalue weighted by molar-refractivity contribution is 0.0938. The molecule has 1 saturated carbocycles. The molecule has 0 atom stereocenters. The van der Waals surface area contributed by atoms with Crippen LogP contribution < -0.4 is 0 Å². The predicted molar refractivity (Wildman–Crippen MR) is 200 cm³/mol. The minimum atomic E-state index is 0.520. The lowest BCUT2D eigenvalue weighted by atomic mass is 9.66. The Bertz CT molecular complexity index is 721. The third-order valence-electron chi connectivity index (χ3n) is 11.8. The van der Waals surface area contributed by atoms with Gasteiger partial charge in [-0.15, -0.1) is 0 Å². The van der Waals surface area contributed by atoms with E-state index < -0.39 is 0 Å². The second-order valence-corrected chi connectivity index (χ2v) is 15.2. The van der Waals surface area contributed by atoms with Gasteiger partial charge in [0, 0.05) is 6.04 Å².